The van der Waals surface area contributed by atoms with Crippen LogP contribution in [0.4, 0.5) is 0 Å². The molecule has 0 bridgehead atoms. The quantitative estimate of drug-likeness (QED) is 0.0199. The highest BCUT2D eigenvalue weighted by Gasteiger charge is 2.19. The maximum absolute atomic E-state index is 12.8. The number of carbonyl (C=O) groups is 3. The Balaban J connectivity index is 4.41. The van der Waals surface area contributed by atoms with Crippen molar-refractivity contribution in [1.29, 1.82) is 0 Å². The summed E-state index contributed by atoms with van der Waals surface area (Å²) in [5.74, 6) is -0.927. The summed E-state index contributed by atoms with van der Waals surface area (Å²) in [7, 11) is 0. The highest BCUT2D eigenvalue weighted by Crippen LogP contribution is 2.14. The fourth-order valence-electron chi connectivity index (χ4n) is 6.93. The van der Waals surface area contributed by atoms with E-state index in [1.807, 2.05) is 0 Å². The molecular formula is C57H96O6. The van der Waals surface area contributed by atoms with Crippen molar-refractivity contribution in [1.82, 2.24) is 0 Å². The Kier molecular flexibility index (Phi) is 48.5. The molecule has 6 heteroatoms. The van der Waals surface area contributed by atoms with Crippen molar-refractivity contribution < 1.29 is 28.6 Å². The topological polar surface area (TPSA) is 78.9 Å². The molecule has 0 spiro atoms. The second kappa shape index (κ2) is 51.2. The SMILES string of the molecule is CC/C=C\C/C=C\C/C=C\C/C=C\CCCCCCCCC(=O)OCC(COC(=O)CCCCCCC/C=C\CCCC)OC(=O)CCCCCCCC/C=C\C=C/CCCCC. The van der Waals surface area contributed by atoms with Gasteiger partial charge < -0.3 is 14.2 Å². The Bertz CT molecular complexity index is 1240. The van der Waals surface area contributed by atoms with Crippen molar-refractivity contribution in [2.24, 2.45) is 0 Å². The van der Waals surface area contributed by atoms with Gasteiger partial charge in [0.15, 0.2) is 6.10 Å². The van der Waals surface area contributed by atoms with Crippen LogP contribution >= 0.6 is 0 Å². The number of ether oxygens (including phenoxy) is 3. The molecule has 0 radical (unpaired) electrons. The third-order valence-electron chi connectivity index (χ3n) is 10.9. The second-order valence-electron chi connectivity index (χ2n) is 17.1. The molecule has 6 nitrogen and oxygen atoms in total. The van der Waals surface area contributed by atoms with E-state index in [9.17, 15) is 14.4 Å². The van der Waals surface area contributed by atoms with Crippen LogP contribution in [0.25, 0.3) is 0 Å². The lowest BCUT2D eigenvalue weighted by Crippen LogP contribution is -2.30. The molecule has 360 valence electrons. The average molecular weight is 877 g/mol. The fraction of sp³-hybridized carbons (Fsp3) is 0.702. The molecule has 0 fully saturated rings. The highest BCUT2D eigenvalue weighted by molar-refractivity contribution is 5.71. The third kappa shape index (κ3) is 49.5. The van der Waals surface area contributed by atoms with E-state index < -0.39 is 6.10 Å². The van der Waals surface area contributed by atoms with E-state index in [1.165, 1.54) is 83.5 Å². The van der Waals surface area contributed by atoms with Crippen molar-refractivity contribution in [2.75, 3.05) is 13.2 Å². The van der Waals surface area contributed by atoms with E-state index in [0.29, 0.717) is 19.3 Å². The number of allylic oxidation sites excluding steroid dienone is 14. The first-order valence-electron chi connectivity index (χ1n) is 26.1. The molecular weight excluding hydrogens is 781 g/mol. The summed E-state index contributed by atoms with van der Waals surface area (Å²) in [5.41, 5.74) is 0. The fourth-order valence-corrected chi connectivity index (χ4v) is 6.93. The Morgan fingerprint density at radius 2 is 0.683 bits per heavy atom. The first-order valence-corrected chi connectivity index (χ1v) is 26.1. The first-order chi connectivity index (χ1) is 31.0. The standard InChI is InChI=1S/C57H96O6/c1-4-7-10-13-16-19-22-24-26-27-28-29-31-32-35-38-41-44-47-50-56(59)62-53-54(52-61-55(58)49-46-43-40-37-34-21-18-15-12-9-6-3)63-57(60)51-48-45-42-39-36-33-30-25-23-20-17-14-11-8-5-2/h7,10,15-20,23-26,28-29,54H,4-6,8-9,11-14,21-22,27,30-53H2,1-3H3/b10-7-,18-15-,19-16-,20-17-,25-23-,26-24-,29-28-. The largest absolute Gasteiger partial charge is 0.462 e. The Morgan fingerprint density at radius 3 is 1.13 bits per heavy atom. The minimum absolute atomic E-state index is 0.0910. The monoisotopic (exact) mass is 877 g/mol. The number of rotatable bonds is 46. The molecule has 0 aliphatic rings. The lowest BCUT2D eigenvalue weighted by atomic mass is 10.1. The van der Waals surface area contributed by atoms with Crippen LogP contribution in [0.3, 0.4) is 0 Å². The first kappa shape index (κ1) is 59.6. The van der Waals surface area contributed by atoms with E-state index in [0.717, 1.165) is 116 Å². The molecule has 0 rings (SSSR count). The molecule has 0 amide bonds. The van der Waals surface area contributed by atoms with Crippen molar-refractivity contribution in [3.05, 3.63) is 85.1 Å². The summed E-state index contributed by atoms with van der Waals surface area (Å²) in [6.07, 6.45) is 65.6. The molecule has 0 aliphatic heterocycles. The van der Waals surface area contributed by atoms with Gasteiger partial charge in [0.1, 0.15) is 13.2 Å². The Morgan fingerprint density at radius 1 is 0.349 bits per heavy atom. The van der Waals surface area contributed by atoms with Crippen LogP contribution in [-0.4, -0.2) is 37.2 Å². The van der Waals surface area contributed by atoms with Crippen LogP contribution < -0.4 is 0 Å². The van der Waals surface area contributed by atoms with Gasteiger partial charge in [-0.2, -0.15) is 0 Å². The molecule has 0 heterocycles. The third-order valence-corrected chi connectivity index (χ3v) is 10.9. The summed E-state index contributed by atoms with van der Waals surface area (Å²) in [6.45, 7) is 6.42. The van der Waals surface area contributed by atoms with Crippen LogP contribution in [0.5, 0.6) is 0 Å². The molecule has 1 unspecified atom stereocenters. The van der Waals surface area contributed by atoms with Gasteiger partial charge in [-0.25, -0.2) is 0 Å². The second-order valence-corrected chi connectivity index (χ2v) is 17.1. The molecule has 0 N–H and O–H groups in total. The lowest BCUT2D eigenvalue weighted by molar-refractivity contribution is -0.167. The Labute approximate surface area is 388 Å². The van der Waals surface area contributed by atoms with Crippen molar-refractivity contribution in [3.63, 3.8) is 0 Å². The molecule has 0 aliphatic carbocycles. The Hall–Kier alpha value is -3.41. The number of unbranched alkanes of at least 4 members (excludes halogenated alkanes) is 22. The van der Waals surface area contributed by atoms with Gasteiger partial charge in [0.2, 0.25) is 0 Å². The van der Waals surface area contributed by atoms with Gasteiger partial charge >= 0.3 is 17.9 Å². The van der Waals surface area contributed by atoms with Gasteiger partial charge in [-0.05, 0) is 103 Å². The lowest BCUT2D eigenvalue weighted by Gasteiger charge is -2.18. The van der Waals surface area contributed by atoms with Gasteiger partial charge in [0.05, 0.1) is 0 Å². The van der Waals surface area contributed by atoms with E-state index >= 15 is 0 Å². The number of esters is 3. The van der Waals surface area contributed by atoms with Crippen LogP contribution in [0, 0.1) is 0 Å². The van der Waals surface area contributed by atoms with Crippen molar-refractivity contribution in [3.8, 4) is 0 Å². The molecule has 0 aromatic rings. The zero-order valence-electron chi connectivity index (χ0n) is 41.1. The average Bonchev–Trinajstić information content (AvgIpc) is 3.28. The van der Waals surface area contributed by atoms with Gasteiger partial charge in [-0.3, -0.25) is 14.4 Å². The number of hydrogen-bond donors (Lipinski definition) is 0. The van der Waals surface area contributed by atoms with Crippen molar-refractivity contribution in [2.45, 2.75) is 245 Å². The predicted molar refractivity (Wildman–Crippen MR) is 270 cm³/mol. The number of carbonyl (C=O) groups excluding carboxylic acids is 3. The van der Waals surface area contributed by atoms with E-state index in [1.54, 1.807) is 0 Å². The van der Waals surface area contributed by atoms with E-state index in [-0.39, 0.29) is 31.1 Å². The summed E-state index contributed by atoms with van der Waals surface area (Å²) in [5, 5.41) is 0. The number of hydrogen-bond acceptors (Lipinski definition) is 6. The minimum Gasteiger partial charge on any atom is -0.462 e. The molecule has 0 aromatic heterocycles. The van der Waals surface area contributed by atoms with Gasteiger partial charge in [0, 0.05) is 19.3 Å². The maximum Gasteiger partial charge on any atom is 0.306 e. The molecule has 0 aromatic carbocycles. The molecule has 0 saturated heterocycles. The van der Waals surface area contributed by atoms with Crippen LogP contribution in [0.2, 0.25) is 0 Å². The summed E-state index contributed by atoms with van der Waals surface area (Å²) < 4.78 is 16.8. The maximum atomic E-state index is 12.8. The molecule has 1 atom stereocenters. The zero-order valence-corrected chi connectivity index (χ0v) is 41.1. The summed E-state index contributed by atoms with van der Waals surface area (Å²) >= 11 is 0. The summed E-state index contributed by atoms with van der Waals surface area (Å²) in [6, 6.07) is 0. The van der Waals surface area contributed by atoms with Crippen LogP contribution in [-0.2, 0) is 28.6 Å². The van der Waals surface area contributed by atoms with Crippen LogP contribution in [0.15, 0.2) is 85.1 Å². The highest BCUT2D eigenvalue weighted by atomic mass is 16.6. The normalized spacial score (nSPS) is 12.7. The molecule has 63 heavy (non-hydrogen) atoms. The van der Waals surface area contributed by atoms with Crippen LogP contribution in [0.1, 0.15) is 239 Å². The van der Waals surface area contributed by atoms with Gasteiger partial charge in [-0.1, -0.05) is 202 Å². The minimum atomic E-state index is -0.791. The van der Waals surface area contributed by atoms with E-state index in [2.05, 4.69) is 106 Å². The zero-order chi connectivity index (χ0) is 45.8. The molecule has 0 saturated carbocycles. The summed E-state index contributed by atoms with van der Waals surface area (Å²) in [4.78, 5) is 38.0. The van der Waals surface area contributed by atoms with Crippen molar-refractivity contribution >= 4 is 17.9 Å². The van der Waals surface area contributed by atoms with Gasteiger partial charge in [-0.15, -0.1) is 0 Å². The predicted octanol–water partition coefficient (Wildman–Crippen LogP) is 17.2. The van der Waals surface area contributed by atoms with Gasteiger partial charge in [0.25, 0.3) is 0 Å². The smallest absolute Gasteiger partial charge is 0.306 e. The van der Waals surface area contributed by atoms with E-state index in [4.69, 9.17) is 14.2 Å².